The minimum Gasteiger partial charge on any atom is -0.456 e. The lowest BCUT2D eigenvalue weighted by molar-refractivity contribution is -0.153. The van der Waals surface area contributed by atoms with Crippen LogP contribution in [0.25, 0.3) is 0 Å². The van der Waals surface area contributed by atoms with Crippen molar-refractivity contribution < 1.29 is 28.7 Å². The summed E-state index contributed by atoms with van der Waals surface area (Å²) in [6.07, 6.45) is 6.59. The highest BCUT2D eigenvalue weighted by molar-refractivity contribution is 8.13. The van der Waals surface area contributed by atoms with Gasteiger partial charge in [-0.05, 0) is 43.7 Å². The normalized spacial score (nSPS) is 20.5. The third kappa shape index (κ3) is 10.2. The first-order valence-electron chi connectivity index (χ1n) is 12.7. The van der Waals surface area contributed by atoms with E-state index in [1.54, 1.807) is 58.2 Å². The molecule has 3 amide bonds. The van der Waals surface area contributed by atoms with Gasteiger partial charge < -0.3 is 20.7 Å². The van der Waals surface area contributed by atoms with Crippen molar-refractivity contribution >= 4 is 52.3 Å². The number of nitrogens with one attached hydrogen (secondary N) is 3. The molecule has 3 N–H and O–H groups in total. The van der Waals surface area contributed by atoms with E-state index in [-0.39, 0.29) is 41.3 Å². The first-order chi connectivity index (χ1) is 18.6. The number of nitrogens with zero attached hydrogens (tertiary/aromatic N) is 1. The van der Waals surface area contributed by atoms with Crippen molar-refractivity contribution in [1.29, 1.82) is 0 Å². The summed E-state index contributed by atoms with van der Waals surface area (Å²) < 4.78 is 5.66. The van der Waals surface area contributed by atoms with Crippen molar-refractivity contribution in [3.05, 3.63) is 47.4 Å². The molecule has 0 saturated heterocycles. The van der Waals surface area contributed by atoms with Crippen molar-refractivity contribution in [2.45, 2.75) is 70.5 Å². The number of rotatable bonds is 7. The second kappa shape index (κ2) is 16.1. The molecule has 212 valence electrons. The Morgan fingerprint density at radius 2 is 1.95 bits per heavy atom. The van der Waals surface area contributed by atoms with Crippen LogP contribution in [-0.2, 0) is 30.5 Å². The largest absolute Gasteiger partial charge is 0.456 e. The first kappa shape index (κ1) is 32.1. The van der Waals surface area contributed by atoms with Crippen LogP contribution in [-0.4, -0.2) is 57.9 Å². The molecule has 1 aliphatic heterocycles. The SMILES string of the molecule is C/C=C1\NC(=O)c2nc(ccc2SC)CNC(=O)C[C@@H](/C=C/CCSC(=O)CC)OC(=O)[C@H](C(C)C)NC1=O. The monoisotopic (exact) mass is 576 g/mol. The minimum absolute atomic E-state index is 0.0336. The van der Waals surface area contributed by atoms with Gasteiger partial charge in [0.25, 0.3) is 11.8 Å². The van der Waals surface area contributed by atoms with E-state index in [0.29, 0.717) is 29.2 Å². The summed E-state index contributed by atoms with van der Waals surface area (Å²) >= 11 is 2.55. The van der Waals surface area contributed by atoms with Gasteiger partial charge in [-0.3, -0.25) is 19.2 Å². The molecule has 39 heavy (non-hydrogen) atoms. The maximum absolute atomic E-state index is 13.1. The zero-order chi connectivity index (χ0) is 28.9. The van der Waals surface area contributed by atoms with Crippen molar-refractivity contribution in [1.82, 2.24) is 20.9 Å². The highest BCUT2D eigenvalue weighted by atomic mass is 32.2. The number of carbonyl (C=O) groups excluding carboxylic acids is 5. The Hall–Kier alpha value is -3.12. The second-order valence-electron chi connectivity index (χ2n) is 8.95. The molecule has 1 aromatic heterocycles. The summed E-state index contributed by atoms with van der Waals surface area (Å²) in [5.41, 5.74) is 0.536. The lowest BCUT2D eigenvalue weighted by atomic mass is 10.0. The molecule has 10 nitrogen and oxygen atoms in total. The Morgan fingerprint density at radius 1 is 1.21 bits per heavy atom. The van der Waals surface area contributed by atoms with Crippen LogP contribution in [0.15, 0.2) is 41.0 Å². The number of hydrogen-bond donors (Lipinski definition) is 3. The smallest absolute Gasteiger partial charge is 0.329 e. The number of carbonyl (C=O) groups is 5. The van der Waals surface area contributed by atoms with Gasteiger partial charge in [-0.1, -0.05) is 44.7 Å². The highest BCUT2D eigenvalue weighted by Gasteiger charge is 2.30. The number of cyclic esters (lactones) is 1. The molecular formula is C27H36N4O6S2. The van der Waals surface area contributed by atoms with Crippen LogP contribution in [0, 0.1) is 5.92 Å². The van der Waals surface area contributed by atoms with E-state index in [9.17, 15) is 24.0 Å². The van der Waals surface area contributed by atoms with Crippen molar-refractivity contribution in [2.24, 2.45) is 5.92 Å². The summed E-state index contributed by atoms with van der Waals surface area (Å²) in [6.45, 7) is 6.95. The van der Waals surface area contributed by atoms with Gasteiger partial charge in [0.15, 0.2) is 5.12 Å². The van der Waals surface area contributed by atoms with Crippen molar-refractivity contribution in [2.75, 3.05) is 12.0 Å². The van der Waals surface area contributed by atoms with Gasteiger partial charge >= 0.3 is 5.97 Å². The Morgan fingerprint density at radius 3 is 2.59 bits per heavy atom. The van der Waals surface area contributed by atoms with Gasteiger partial charge in [-0.25, -0.2) is 9.78 Å². The van der Waals surface area contributed by atoms with E-state index < -0.39 is 29.9 Å². The summed E-state index contributed by atoms with van der Waals surface area (Å²) in [7, 11) is 0. The van der Waals surface area contributed by atoms with Crippen LogP contribution < -0.4 is 16.0 Å². The number of ether oxygens (including phenoxy) is 1. The molecule has 2 bridgehead atoms. The molecule has 2 heterocycles. The highest BCUT2D eigenvalue weighted by Crippen LogP contribution is 2.20. The van der Waals surface area contributed by atoms with Gasteiger partial charge in [0.2, 0.25) is 5.91 Å². The van der Waals surface area contributed by atoms with Crippen LogP contribution in [0.5, 0.6) is 0 Å². The van der Waals surface area contributed by atoms with Gasteiger partial charge in [-0.2, -0.15) is 0 Å². The number of thioether (sulfide) groups is 2. The predicted octanol–water partition coefficient (Wildman–Crippen LogP) is 3.13. The molecule has 0 fully saturated rings. The van der Waals surface area contributed by atoms with E-state index in [4.69, 9.17) is 4.74 Å². The molecular weight excluding hydrogens is 540 g/mol. The molecule has 0 spiro atoms. The van der Waals surface area contributed by atoms with Gasteiger partial charge in [0.1, 0.15) is 23.5 Å². The number of fused-ring (bicyclic) bond motifs is 2. The fraction of sp³-hybridized carbons (Fsp3) is 0.481. The van der Waals surface area contributed by atoms with Crippen LogP contribution in [0.2, 0.25) is 0 Å². The van der Waals surface area contributed by atoms with Gasteiger partial charge in [0.05, 0.1) is 18.7 Å². The van der Waals surface area contributed by atoms with E-state index >= 15 is 0 Å². The van der Waals surface area contributed by atoms with Crippen LogP contribution in [0.1, 0.15) is 63.1 Å². The summed E-state index contributed by atoms with van der Waals surface area (Å²) in [6, 6.07) is 2.41. The van der Waals surface area contributed by atoms with Crippen LogP contribution in [0.4, 0.5) is 0 Å². The maximum Gasteiger partial charge on any atom is 0.329 e. The molecule has 1 aromatic rings. The van der Waals surface area contributed by atoms with Crippen molar-refractivity contribution in [3.8, 4) is 0 Å². The Labute approximate surface area is 237 Å². The van der Waals surface area contributed by atoms with Crippen LogP contribution >= 0.6 is 23.5 Å². The topological polar surface area (TPSA) is 144 Å². The number of hydrogen-bond acceptors (Lipinski definition) is 9. The zero-order valence-corrected chi connectivity index (χ0v) is 24.5. The lowest BCUT2D eigenvalue weighted by Gasteiger charge is -2.24. The Kier molecular flexibility index (Phi) is 13.2. The molecule has 2 rings (SSSR count). The van der Waals surface area contributed by atoms with Crippen LogP contribution in [0.3, 0.4) is 0 Å². The lowest BCUT2D eigenvalue weighted by Crippen LogP contribution is -2.48. The minimum atomic E-state index is -1.03. The average Bonchev–Trinajstić information content (AvgIpc) is 2.91. The third-order valence-corrected chi connectivity index (χ3v) is 7.47. The molecule has 0 aliphatic carbocycles. The standard InChI is InChI=1S/C27H36N4O6S2/c1-6-19-25(34)31-23(16(3)4)27(36)37-18(10-8-9-13-39-22(33)7-2)14-21(32)28-15-17-11-12-20(38-5)24(29-17)26(35)30-19/h6,8,10-12,16,18,23H,7,9,13-15H2,1-5H3,(H,28,32)(H,30,35)(H,31,34)/b10-8+,19-6-/t18-,23+/m1/s1. The summed E-state index contributed by atoms with van der Waals surface area (Å²) in [5.74, 6) is -2.11. The van der Waals surface area contributed by atoms with Gasteiger partial charge in [0, 0.05) is 17.1 Å². The number of amides is 3. The number of allylic oxidation sites excluding steroid dienone is 2. The van der Waals surface area contributed by atoms with E-state index in [1.165, 1.54) is 29.6 Å². The summed E-state index contributed by atoms with van der Waals surface area (Å²) in [5, 5.41) is 8.08. The Bertz CT molecular complexity index is 1140. The number of aromatic nitrogens is 1. The second-order valence-corrected chi connectivity index (χ2v) is 11.0. The molecule has 0 radical (unpaired) electrons. The molecule has 2 atom stereocenters. The Balaban J connectivity index is 2.37. The van der Waals surface area contributed by atoms with Crippen molar-refractivity contribution in [3.63, 3.8) is 0 Å². The van der Waals surface area contributed by atoms with E-state index in [1.807, 2.05) is 0 Å². The quantitative estimate of drug-likeness (QED) is 0.147. The summed E-state index contributed by atoms with van der Waals surface area (Å²) in [4.78, 5) is 68.5. The number of esters is 1. The first-order valence-corrected chi connectivity index (χ1v) is 14.9. The van der Waals surface area contributed by atoms with E-state index in [0.717, 1.165) is 0 Å². The molecule has 0 aromatic carbocycles. The average molecular weight is 577 g/mol. The molecule has 1 aliphatic rings. The third-order valence-electron chi connectivity index (χ3n) is 5.65. The molecule has 12 heteroatoms. The molecule has 0 saturated carbocycles. The van der Waals surface area contributed by atoms with Gasteiger partial charge in [-0.15, -0.1) is 11.8 Å². The van der Waals surface area contributed by atoms with E-state index in [2.05, 4.69) is 20.9 Å². The predicted molar refractivity (Wildman–Crippen MR) is 152 cm³/mol. The fourth-order valence-electron chi connectivity index (χ4n) is 3.48. The maximum atomic E-state index is 13.1. The zero-order valence-electron chi connectivity index (χ0n) is 22.9. The fourth-order valence-corrected chi connectivity index (χ4v) is 4.70. The molecule has 0 unspecified atom stereocenters. The number of pyridine rings is 1.